The Bertz CT molecular complexity index is 975. The first-order valence-electron chi connectivity index (χ1n) is 7.80. The average molecular weight is 401 g/mol. The molecule has 0 unspecified atom stereocenters. The summed E-state index contributed by atoms with van der Waals surface area (Å²) in [4.78, 5) is 19.7. The second-order valence-corrected chi connectivity index (χ2v) is 6.92. The molecular weight excluding hydrogens is 384 g/mol. The van der Waals surface area contributed by atoms with Gasteiger partial charge in [0.1, 0.15) is 11.6 Å². The number of anilines is 1. The number of nitro benzene ring substituents is 1. The Labute approximate surface area is 153 Å². The lowest BCUT2D eigenvalue weighted by Crippen LogP contribution is -2.10. The lowest BCUT2D eigenvalue weighted by atomic mass is 10.0. The summed E-state index contributed by atoms with van der Waals surface area (Å²) in [6.45, 7) is 5.65. The molecule has 1 heterocycles. The van der Waals surface area contributed by atoms with Gasteiger partial charge in [-0.1, -0.05) is 22.0 Å². The van der Waals surface area contributed by atoms with Crippen LogP contribution >= 0.6 is 15.9 Å². The topological polar surface area (TPSA) is 81.0 Å². The van der Waals surface area contributed by atoms with Crippen LogP contribution in [0.1, 0.15) is 29.9 Å². The Hall–Kier alpha value is -2.54. The maximum atomic E-state index is 11.1. The fourth-order valence-electron chi connectivity index (χ4n) is 2.76. The number of nitrogens with one attached hydrogen (secondary N) is 1. The first-order valence-corrected chi connectivity index (χ1v) is 8.59. The molecule has 1 N–H and O–H groups in total. The number of nitro groups is 1. The molecule has 1 atom stereocenters. The molecule has 0 fully saturated rings. The van der Waals surface area contributed by atoms with Gasteiger partial charge in [-0.25, -0.2) is 9.97 Å². The van der Waals surface area contributed by atoms with Crippen LogP contribution in [0, 0.1) is 24.0 Å². The molecule has 0 radical (unpaired) electrons. The zero-order chi connectivity index (χ0) is 18.1. The highest BCUT2D eigenvalue weighted by molar-refractivity contribution is 9.10. The Kier molecular flexibility index (Phi) is 4.67. The van der Waals surface area contributed by atoms with Crippen LogP contribution in [-0.2, 0) is 0 Å². The van der Waals surface area contributed by atoms with Gasteiger partial charge in [0.25, 0.3) is 5.69 Å². The van der Waals surface area contributed by atoms with Gasteiger partial charge in [0, 0.05) is 22.0 Å². The van der Waals surface area contributed by atoms with E-state index in [4.69, 9.17) is 0 Å². The number of benzene rings is 2. The van der Waals surface area contributed by atoms with Crippen molar-refractivity contribution in [3.05, 3.63) is 67.9 Å². The van der Waals surface area contributed by atoms with Crippen LogP contribution in [0.25, 0.3) is 10.9 Å². The van der Waals surface area contributed by atoms with Crippen LogP contribution in [0.15, 0.2) is 40.9 Å². The van der Waals surface area contributed by atoms with E-state index in [0.29, 0.717) is 11.6 Å². The predicted octanol–water partition coefficient (Wildman–Crippen LogP) is 5.09. The van der Waals surface area contributed by atoms with Crippen molar-refractivity contribution in [2.24, 2.45) is 0 Å². The number of hydrogen-bond donors (Lipinski definition) is 1. The van der Waals surface area contributed by atoms with Crippen LogP contribution < -0.4 is 5.32 Å². The van der Waals surface area contributed by atoms with Crippen LogP contribution in [0.3, 0.4) is 0 Å². The van der Waals surface area contributed by atoms with Crippen molar-refractivity contribution < 1.29 is 4.92 Å². The van der Waals surface area contributed by atoms with E-state index in [1.807, 2.05) is 45.0 Å². The highest BCUT2D eigenvalue weighted by atomic mass is 79.9. The molecule has 2 aromatic carbocycles. The van der Waals surface area contributed by atoms with Crippen LogP contribution in [-0.4, -0.2) is 14.9 Å². The Morgan fingerprint density at radius 2 is 1.92 bits per heavy atom. The Balaban J connectivity index is 2.01. The van der Waals surface area contributed by atoms with Crippen molar-refractivity contribution in [2.75, 3.05) is 5.32 Å². The number of nitrogens with zero attached hydrogens (tertiary/aromatic N) is 3. The number of rotatable bonds is 4. The summed E-state index contributed by atoms with van der Waals surface area (Å²) in [5.74, 6) is 1.38. The second kappa shape index (κ2) is 6.76. The van der Waals surface area contributed by atoms with Crippen LogP contribution in [0.4, 0.5) is 11.5 Å². The molecule has 0 aliphatic heterocycles. The van der Waals surface area contributed by atoms with Crippen molar-refractivity contribution in [1.29, 1.82) is 0 Å². The van der Waals surface area contributed by atoms with Gasteiger partial charge in [-0.05, 0) is 50.1 Å². The number of halogens is 1. The largest absolute Gasteiger partial charge is 0.363 e. The third-order valence-corrected chi connectivity index (χ3v) is 4.41. The van der Waals surface area contributed by atoms with E-state index in [-0.39, 0.29) is 16.7 Å². The molecule has 7 heteroatoms. The molecule has 0 saturated heterocycles. The van der Waals surface area contributed by atoms with Crippen molar-refractivity contribution in [3.8, 4) is 0 Å². The normalized spacial score (nSPS) is 12.2. The van der Waals surface area contributed by atoms with Gasteiger partial charge in [0.15, 0.2) is 0 Å². The summed E-state index contributed by atoms with van der Waals surface area (Å²) in [5.41, 5.74) is 2.63. The summed E-state index contributed by atoms with van der Waals surface area (Å²) in [7, 11) is 0. The lowest BCUT2D eigenvalue weighted by Gasteiger charge is -2.17. The zero-order valence-electron chi connectivity index (χ0n) is 14.1. The molecule has 25 heavy (non-hydrogen) atoms. The molecule has 128 valence electrons. The number of fused-ring (bicyclic) bond motifs is 1. The van der Waals surface area contributed by atoms with E-state index in [2.05, 4.69) is 31.2 Å². The molecule has 3 rings (SSSR count). The first-order chi connectivity index (χ1) is 11.8. The summed E-state index contributed by atoms with van der Waals surface area (Å²) in [6, 6.07) is 10.8. The molecule has 6 nitrogen and oxygen atoms in total. The maximum Gasteiger partial charge on any atom is 0.270 e. The van der Waals surface area contributed by atoms with E-state index in [1.54, 1.807) is 12.1 Å². The first kappa shape index (κ1) is 17.3. The van der Waals surface area contributed by atoms with E-state index in [9.17, 15) is 10.1 Å². The van der Waals surface area contributed by atoms with Crippen molar-refractivity contribution in [3.63, 3.8) is 0 Å². The fourth-order valence-corrected chi connectivity index (χ4v) is 3.12. The predicted molar refractivity (Wildman–Crippen MR) is 102 cm³/mol. The van der Waals surface area contributed by atoms with Gasteiger partial charge >= 0.3 is 0 Å². The van der Waals surface area contributed by atoms with E-state index < -0.39 is 0 Å². The van der Waals surface area contributed by atoms with Gasteiger partial charge in [-0.2, -0.15) is 0 Å². The number of aryl methyl sites for hydroxylation is 2. The van der Waals surface area contributed by atoms with Gasteiger partial charge in [-0.15, -0.1) is 0 Å². The smallest absolute Gasteiger partial charge is 0.270 e. The highest BCUT2D eigenvalue weighted by Gasteiger charge is 2.15. The van der Waals surface area contributed by atoms with Gasteiger partial charge in [0.05, 0.1) is 16.5 Å². The highest BCUT2D eigenvalue weighted by Crippen LogP contribution is 2.29. The monoisotopic (exact) mass is 400 g/mol. The summed E-state index contributed by atoms with van der Waals surface area (Å²) < 4.78 is 0.939. The summed E-state index contributed by atoms with van der Waals surface area (Å²) >= 11 is 3.47. The maximum absolute atomic E-state index is 11.1. The number of aromatic nitrogens is 2. The fraction of sp³-hybridized carbons (Fsp3) is 0.222. The lowest BCUT2D eigenvalue weighted by molar-refractivity contribution is -0.385. The van der Waals surface area contributed by atoms with Gasteiger partial charge in [-0.3, -0.25) is 10.1 Å². The molecule has 3 aromatic rings. The standard InChI is InChI=1S/C18H17BrN4O2/c1-10-6-13(8-15(7-10)23(24)25)11(2)20-18-16-9-14(19)4-5-17(16)21-12(3)22-18/h4-9,11H,1-3H3,(H,20,21,22)/t11-/m1/s1. The van der Waals surface area contributed by atoms with Crippen molar-refractivity contribution >= 4 is 38.3 Å². The average Bonchev–Trinajstić information content (AvgIpc) is 2.54. The van der Waals surface area contributed by atoms with E-state index in [0.717, 1.165) is 26.5 Å². The number of hydrogen-bond acceptors (Lipinski definition) is 5. The third kappa shape index (κ3) is 3.76. The van der Waals surface area contributed by atoms with Gasteiger partial charge < -0.3 is 5.32 Å². The quantitative estimate of drug-likeness (QED) is 0.487. The van der Waals surface area contributed by atoms with Crippen LogP contribution in [0.5, 0.6) is 0 Å². The van der Waals surface area contributed by atoms with Gasteiger partial charge in [0.2, 0.25) is 0 Å². The second-order valence-electron chi connectivity index (χ2n) is 6.01. The minimum absolute atomic E-state index is 0.0927. The van der Waals surface area contributed by atoms with E-state index >= 15 is 0 Å². The minimum atomic E-state index is -0.370. The van der Waals surface area contributed by atoms with E-state index in [1.165, 1.54) is 0 Å². The van der Waals surface area contributed by atoms with Crippen LogP contribution in [0.2, 0.25) is 0 Å². The van der Waals surface area contributed by atoms with Crippen molar-refractivity contribution in [2.45, 2.75) is 26.8 Å². The minimum Gasteiger partial charge on any atom is -0.363 e. The molecule has 0 aliphatic carbocycles. The Morgan fingerprint density at radius 3 is 2.64 bits per heavy atom. The molecule has 0 spiro atoms. The zero-order valence-corrected chi connectivity index (χ0v) is 15.7. The summed E-state index contributed by atoms with van der Waals surface area (Å²) in [5, 5.41) is 15.4. The summed E-state index contributed by atoms with van der Waals surface area (Å²) in [6.07, 6.45) is 0. The molecular formula is C18H17BrN4O2. The molecule has 0 aliphatic rings. The van der Waals surface area contributed by atoms with Crippen molar-refractivity contribution in [1.82, 2.24) is 9.97 Å². The Morgan fingerprint density at radius 1 is 1.16 bits per heavy atom. The SMILES string of the molecule is Cc1cc([C@@H](C)Nc2nc(C)nc3ccc(Br)cc23)cc([N+](=O)[O-])c1. The molecule has 0 amide bonds. The molecule has 0 bridgehead atoms. The molecule has 0 saturated carbocycles. The molecule has 1 aromatic heterocycles. The number of non-ortho nitro benzene ring substituents is 1. The third-order valence-electron chi connectivity index (χ3n) is 3.92.